The summed E-state index contributed by atoms with van der Waals surface area (Å²) in [6.45, 7) is 0.535. The molecule has 1 aromatic carbocycles. The lowest BCUT2D eigenvalue weighted by Gasteiger charge is -1.93. The molecule has 0 atom stereocenters. The van der Waals surface area contributed by atoms with Gasteiger partial charge in [-0.1, -0.05) is 30.3 Å². The van der Waals surface area contributed by atoms with Crippen LogP contribution in [0.25, 0.3) is 0 Å². The fourth-order valence-electron chi connectivity index (χ4n) is 0.875. The molecule has 0 N–H and O–H groups in total. The van der Waals surface area contributed by atoms with E-state index in [1.165, 1.54) is 11.6 Å². The van der Waals surface area contributed by atoms with E-state index >= 15 is 0 Å². The fourth-order valence-corrected chi connectivity index (χ4v) is 0.875. The summed E-state index contributed by atoms with van der Waals surface area (Å²) >= 11 is 0. The molecule has 1 rings (SSSR count). The highest BCUT2D eigenvalue weighted by atomic mass is 16.1. The van der Waals surface area contributed by atoms with Crippen molar-refractivity contribution in [1.82, 2.24) is 0 Å². The molecule has 0 aliphatic heterocycles. The van der Waals surface area contributed by atoms with E-state index in [9.17, 15) is 4.79 Å². The van der Waals surface area contributed by atoms with Crippen LogP contribution in [0.4, 0.5) is 0 Å². The third kappa shape index (κ3) is 2.78. The topological polar surface area (TPSA) is 29.4 Å². The fraction of sp³-hybridized carbons (Fsp3) is 0.222. The van der Waals surface area contributed by atoms with Crippen molar-refractivity contribution in [1.29, 1.82) is 0 Å². The standard InChI is InChI=1S/C9H9NO/c11-8-10-7-6-9-4-2-1-3-5-9/h1-5H,6-7H2/i7+2. The number of benzene rings is 1. The van der Waals surface area contributed by atoms with Gasteiger partial charge in [-0.3, -0.25) is 0 Å². The second-order valence-corrected chi connectivity index (χ2v) is 2.21. The van der Waals surface area contributed by atoms with Crippen molar-refractivity contribution in [2.45, 2.75) is 6.42 Å². The first-order valence-electron chi connectivity index (χ1n) is 3.51. The van der Waals surface area contributed by atoms with Gasteiger partial charge in [0.1, 0.15) is 0 Å². The van der Waals surface area contributed by atoms with Gasteiger partial charge in [-0.2, -0.15) is 0 Å². The monoisotopic (exact) mass is 149 g/mol. The lowest BCUT2D eigenvalue weighted by Crippen LogP contribution is -1.87. The minimum atomic E-state index is 0.535. The van der Waals surface area contributed by atoms with Gasteiger partial charge >= 0.3 is 0 Å². The summed E-state index contributed by atoms with van der Waals surface area (Å²) in [7, 11) is 0. The van der Waals surface area contributed by atoms with Crippen LogP contribution < -0.4 is 0 Å². The molecule has 0 radical (unpaired) electrons. The van der Waals surface area contributed by atoms with Gasteiger partial charge < -0.3 is 0 Å². The first kappa shape index (κ1) is 7.70. The summed E-state index contributed by atoms with van der Waals surface area (Å²) in [5, 5.41) is 0. The Labute approximate surface area is 65.6 Å². The third-order valence-electron chi connectivity index (χ3n) is 1.42. The zero-order chi connectivity index (χ0) is 7.94. The molecule has 0 bridgehead atoms. The summed E-state index contributed by atoms with van der Waals surface area (Å²) in [5.74, 6) is 0. The molecule has 0 amide bonds. The third-order valence-corrected chi connectivity index (χ3v) is 1.42. The van der Waals surface area contributed by atoms with Gasteiger partial charge in [0.2, 0.25) is 6.08 Å². The van der Waals surface area contributed by atoms with E-state index in [2.05, 4.69) is 4.99 Å². The van der Waals surface area contributed by atoms with Crippen LogP contribution in [-0.4, -0.2) is 12.6 Å². The Balaban J connectivity index is 2.45. The van der Waals surface area contributed by atoms with Crippen molar-refractivity contribution in [3.63, 3.8) is 0 Å². The summed E-state index contributed by atoms with van der Waals surface area (Å²) in [6.07, 6.45) is 2.33. The molecule has 0 unspecified atom stereocenters. The zero-order valence-electron chi connectivity index (χ0n) is 6.16. The average molecular weight is 149 g/mol. The Morgan fingerprint density at radius 2 is 2.09 bits per heavy atom. The van der Waals surface area contributed by atoms with Gasteiger partial charge in [-0.05, 0) is 12.0 Å². The lowest BCUT2D eigenvalue weighted by atomic mass is 10.2. The highest BCUT2D eigenvalue weighted by molar-refractivity contribution is 5.33. The number of aliphatic imine (C=N–C) groups is 1. The number of rotatable bonds is 3. The minimum absolute atomic E-state index is 0.535. The van der Waals surface area contributed by atoms with Crippen molar-refractivity contribution in [3.8, 4) is 0 Å². The van der Waals surface area contributed by atoms with Gasteiger partial charge in [0.25, 0.3) is 0 Å². The van der Waals surface area contributed by atoms with Crippen molar-refractivity contribution in [2.75, 3.05) is 6.54 Å². The lowest BCUT2D eigenvalue weighted by molar-refractivity contribution is 0.563. The van der Waals surface area contributed by atoms with E-state index in [-0.39, 0.29) is 0 Å². The van der Waals surface area contributed by atoms with E-state index in [1.807, 2.05) is 30.3 Å². The van der Waals surface area contributed by atoms with Crippen LogP contribution in [0.5, 0.6) is 0 Å². The maximum Gasteiger partial charge on any atom is 0.234 e. The smallest absolute Gasteiger partial charge is 0.211 e. The number of nitrogens with zero attached hydrogens (tertiary/aromatic N) is 1. The van der Waals surface area contributed by atoms with Gasteiger partial charge in [0.05, 0.1) is 6.54 Å². The maximum absolute atomic E-state index is 9.70. The van der Waals surface area contributed by atoms with Crippen LogP contribution in [0.3, 0.4) is 0 Å². The summed E-state index contributed by atoms with van der Waals surface area (Å²) in [4.78, 5) is 13.2. The van der Waals surface area contributed by atoms with Crippen LogP contribution in [0.1, 0.15) is 5.56 Å². The minimum Gasteiger partial charge on any atom is -0.211 e. The molecule has 0 aliphatic carbocycles. The largest absolute Gasteiger partial charge is 0.234 e. The molecule has 2 heteroatoms. The van der Waals surface area contributed by atoms with E-state index in [4.69, 9.17) is 0 Å². The normalized spacial score (nSPS) is 8.73. The van der Waals surface area contributed by atoms with Crippen molar-refractivity contribution < 1.29 is 4.79 Å². The van der Waals surface area contributed by atoms with Gasteiger partial charge in [0, 0.05) is 0 Å². The molecule has 2 nitrogen and oxygen atoms in total. The highest BCUT2D eigenvalue weighted by Crippen LogP contribution is 1.98. The number of hydrogen-bond acceptors (Lipinski definition) is 2. The van der Waals surface area contributed by atoms with Crippen LogP contribution >= 0.6 is 0 Å². The highest BCUT2D eigenvalue weighted by Gasteiger charge is 1.87. The first-order chi connectivity index (χ1) is 5.43. The second-order valence-electron chi connectivity index (χ2n) is 2.21. The molecule has 0 saturated carbocycles. The number of carbonyl (C=O) groups excluding carboxylic acids is 1. The molecule has 0 aliphatic rings. The quantitative estimate of drug-likeness (QED) is 0.473. The Bertz CT molecular complexity index is 250. The predicted octanol–water partition coefficient (Wildman–Crippen LogP) is 1.56. The van der Waals surface area contributed by atoms with Crippen molar-refractivity contribution in [2.24, 2.45) is 4.99 Å². The van der Waals surface area contributed by atoms with Gasteiger partial charge in [-0.25, -0.2) is 9.79 Å². The molecule has 0 heterocycles. The summed E-state index contributed by atoms with van der Waals surface area (Å²) < 4.78 is 0. The Hall–Kier alpha value is -1.40. The van der Waals surface area contributed by atoms with Crippen LogP contribution in [0, 0.1) is 0 Å². The molecule has 0 fully saturated rings. The number of hydrogen-bond donors (Lipinski definition) is 0. The molecule has 56 valence electrons. The van der Waals surface area contributed by atoms with Crippen LogP contribution in [0.15, 0.2) is 35.3 Å². The van der Waals surface area contributed by atoms with E-state index in [0.29, 0.717) is 6.54 Å². The molecule has 0 aromatic heterocycles. The molecule has 11 heavy (non-hydrogen) atoms. The average Bonchev–Trinajstić information content (AvgIpc) is 2.07. The second kappa shape index (κ2) is 4.42. The maximum atomic E-state index is 9.70. The first-order valence-corrected chi connectivity index (χ1v) is 3.51. The van der Waals surface area contributed by atoms with E-state index < -0.39 is 0 Å². The van der Waals surface area contributed by atoms with Crippen LogP contribution in [0.2, 0.25) is 0 Å². The molecular weight excluding hydrogens is 140 g/mol. The van der Waals surface area contributed by atoms with Crippen molar-refractivity contribution >= 4 is 6.08 Å². The van der Waals surface area contributed by atoms with E-state index in [0.717, 1.165) is 6.42 Å². The Morgan fingerprint density at radius 3 is 2.73 bits per heavy atom. The van der Waals surface area contributed by atoms with Crippen molar-refractivity contribution in [3.05, 3.63) is 35.9 Å². The van der Waals surface area contributed by atoms with Gasteiger partial charge in [0.15, 0.2) is 0 Å². The summed E-state index contributed by atoms with van der Waals surface area (Å²) in [6, 6.07) is 9.94. The van der Waals surface area contributed by atoms with E-state index in [1.54, 1.807) is 0 Å². The van der Waals surface area contributed by atoms with Gasteiger partial charge in [-0.15, -0.1) is 0 Å². The molecule has 1 aromatic rings. The molecule has 0 spiro atoms. The van der Waals surface area contributed by atoms with Crippen LogP contribution in [-0.2, 0) is 11.2 Å². The zero-order valence-corrected chi connectivity index (χ0v) is 6.16. The Kier molecular flexibility index (Phi) is 3.10. The predicted molar refractivity (Wildman–Crippen MR) is 43.1 cm³/mol. The molecule has 0 saturated heterocycles. The summed E-state index contributed by atoms with van der Waals surface area (Å²) in [5.41, 5.74) is 1.20. The molecular formula is C9H9NO. The Morgan fingerprint density at radius 1 is 1.36 bits per heavy atom. The number of isocyanates is 1. The SMILES string of the molecule is O=C=N[14CH2]Cc1ccccc1.